The SMILES string of the molecule is COC(=O)CCCCCNC(=O)Nc1ccc2oc(=O)ccc2c1. The predicted molar refractivity (Wildman–Crippen MR) is 90.0 cm³/mol. The first kappa shape index (κ1) is 17.5. The number of ether oxygens (including phenoxy) is 1. The highest BCUT2D eigenvalue weighted by atomic mass is 16.5. The number of anilines is 1. The van der Waals surface area contributed by atoms with E-state index in [0.717, 1.165) is 24.6 Å². The summed E-state index contributed by atoms with van der Waals surface area (Å²) in [5.41, 5.74) is 0.673. The number of hydrogen-bond acceptors (Lipinski definition) is 5. The molecule has 2 amide bonds. The maximum absolute atomic E-state index is 11.8. The number of hydrogen-bond donors (Lipinski definition) is 2. The highest BCUT2D eigenvalue weighted by Crippen LogP contribution is 2.17. The highest BCUT2D eigenvalue weighted by molar-refractivity contribution is 5.92. The fourth-order valence-electron chi connectivity index (χ4n) is 2.20. The number of amides is 2. The van der Waals surface area contributed by atoms with Crippen molar-refractivity contribution in [2.45, 2.75) is 25.7 Å². The van der Waals surface area contributed by atoms with E-state index in [0.29, 0.717) is 24.2 Å². The molecule has 0 atom stereocenters. The van der Waals surface area contributed by atoms with Gasteiger partial charge in [-0.15, -0.1) is 0 Å². The number of fused-ring (bicyclic) bond motifs is 1. The fourth-order valence-corrected chi connectivity index (χ4v) is 2.20. The van der Waals surface area contributed by atoms with Gasteiger partial charge in [0.15, 0.2) is 0 Å². The Morgan fingerprint density at radius 2 is 1.96 bits per heavy atom. The van der Waals surface area contributed by atoms with E-state index in [1.807, 2.05) is 0 Å². The third-order valence-corrected chi connectivity index (χ3v) is 3.45. The molecule has 0 spiro atoms. The first-order valence-corrected chi connectivity index (χ1v) is 7.74. The lowest BCUT2D eigenvalue weighted by Crippen LogP contribution is -2.29. The van der Waals surface area contributed by atoms with Crippen molar-refractivity contribution in [2.24, 2.45) is 0 Å². The summed E-state index contributed by atoms with van der Waals surface area (Å²) in [4.78, 5) is 33.9. The second-order valence-corrected chi connectivity index (χ2v) is 5.27. The molecule has 2 rings (SSSR count). The van der Waals surface area contributed by atoms with Crippen molar-refractivity contribution in [3.63, 3.8) is 0 Å². The van der Waals surface area contributed by atoms with Crippen LogP contribution in [0.5, 0.6) is 0 Å². The van der Waals surface area contributed by atoms with Crippen molar-refractivity contribution < 1.29 is 18.7 Å². The minimum atomic E-state index is -0.409. The van der Waals surface area contributed by atoms with Gasteiger partial charge in [-0.2, -0.15) is 0 Å². The van der Waals surface area contributed by atoms with Gasteiger partial charge in [0.05, 0.1) is 7.11 Å². The zero-order chi connectivity index (χ0) is 17.4. The van der Waals surface area contributed by atoms with Crippen molar-refractivity contribution >= 4 is 28.7 Å². The molecule has 2 N–H and O–H groups in total. The molecule has 0 fully saturated rings. The molecule has 0 aliphatic heterocycles. The minimum Gasteiger partial charge on any atom is -0.469 e. The van der Waals surface area contributed by atoms with Crippen molar-refractivity contribution in [1.29, 1.82) is 0 Å². The number of urea groups is 1. The Kier molecular flexibility index (Phi) is 6.36. The molecule has 1 aromatic heterocycles. The molecule has 0 aliphatic carbocycles. The number of methoxy groups -OCH3 is 1. The summed E-state index contributed by atoms with van der Waals surface area (Å²) in [5, 5.41) is 6.21. The Morgan fingerprint density at radius 1 is 1.12 bits per heavy atom. The number of nitrogens with one attached hydrogen (secondary N) is 2. The molecule has 128 valence electrons. The third-order valence-electron chi connectivity index (χ3n) is 3.45. The van der Waals surface area contributed by atoms with E-state index in [9.17, 15) is 14.4 Å². The number of carbonyl (C=O) groups is 2. The number of carbonyl (C=O) groups excluding carboxylic acids is 2. The lowest BCUT2D eigenvalue weighted by atomic mass is 10.2. The summed E-state index contributed by atoms with van der Waals surface area (Å²) >= 11 is 0. The van der Waals surface area contributed by atoms with Crippen LogP contribution in [-0.4, -0.2) is 25.7 Å². The summed E-state index contributed by atoms with van der Waals surface area (Å²) in [5.74, 6) is -0.215. The highest BCUT2D eigenvalue weighted by Gasteiger charge is 2.04. The Bertz CT molecular complexity index is 769. The van der Waals surface area contributed by atoms with Crippen LogP contribution in [0, 0.1) is 0 Å². The molecule has 0 bridgehead atoms. The van der Waals surface area contributed by atoms with Crippen molar-refractivity contribution in [3.8, 4) is 0 Å². The second-order valence-electron chi connectivity index (χ2n) is 5.27. The topological polar surface area (TPSA) is 97.6 Å². The molecule has 0 radical (unpaired) electrons. The zero-order valence-electron chi connectivity index (χ0n) is 13.5. The molecule has 1 aromatic carbocycles. The van der Waals surface area contributed by atoms with Crippen LogP contribution in [0.25, 0.3) is 11.0 Å². The standard InChI is InChI=1S/C17H20N2O5/c1-23-15(20)5-3-2-4-10-18-17(22)19-13-7-8-14-12(11-13)6-9-16(21)24-14/h6-9,11H,2-5,10H2,1H3,(H2,18,19,22). The number of rotatable bonds is 7. The molecule has 2 aromatic rings. The van der Waals surface area contributed by atoms with Gasteiger partial charge in [0, 0.05) is 30.1 Å². The molecule has 7 nitrogen and oxygen atoms in total. The van der Waals surface area contributed by atoms with Gasteiger partial charge in [0.1, 0.15) is 5.58 Å². The van der Waals surface area contributed by atoms with Crippen molar-refractivity contribution in [1.82, 2.24) is 5.32 Å². The van der Waals surface area contributed by atoms with Gasteiger partial charge in [-0.1, -0.05) is 6.42 Å². The van der Waals surface area contributed by atoms with Crippen LogP contribution in [0.1, 0.15) is 25.7 Å². The Morgan fingerprint density at radius 3 is 2.75 bits per heavy atom. The summed E-state index contributed by atoms with van der Waals surface area (Å²) in [6.45, 7) is 0.523. The maximum atomic E-state index is 11.8. The third kappa shape index (κ3) is 5.42. The average Bonchev–Trinajstić information content (AvgIpc) is 2.57. The van der Waals surface area contributed by atoms with Gasteiger partial charge >= 0.3 is 17.6 Å². The van der Waals surface area contributed by atoms with Crippen molar-refractivity contribution in [2.75, 3.05) is 19.0 Å². The van der Waals surface area contributed by atoms with Gasteiger partial charge in [0.2, 0.25) is 0 Å². The number of benzene rings is 1. The van der Waals surface area contributed by atoms with Gasteiger partial charge in [-0.3, -0.25) is 4.79 Å². The van der Waals surface area contributed by atoms with E-state index in [-0.39, 0.29) is 12.0 Å². The molecule has 1 heterocycles. The fraction of sp³-hybridized carbons (Fsp3) is 0.353. The monoisotopic (exact) mass is 332 g/mol. The van der Waals surface area contributed by atoms with Crippen LogP contribution in [0.4, 0.5) is 10.5 Å². The summed E-state index contributed by atoms with van der Waals surface area (Å²) in [7, 11) is 1.37. The summed E-state index contributed by atoms with van der Waals surface area (Å²) < 4.78 is 9.59. The first-order chi connectivity index (χ1) is 11.6. The van der Waals surface area contributed by atoms with Gasteiger partial charge in [0.25, 0.3) is 0 Å². The van der Waals surface area contributed by atoms with Crippen LogP contribution in [0.2, 0.25) is 0 Å². The molecule has 24 heavy (non-hydrogen) atoms. The maximum Gasteiger partial charge on any atom is 0.336 e. The van der Waals surface area contributed by atoms with Gasteiger partial charge in [-0.05, 0) is 37.1 Å². The Hall–Kier alpha value is -2.83. The molecule has 7 heteroatoms. The second kappa shape index (κ2) is 8.71. The molecule has 0 saturated carbocycles. The molecule has 0 saturated heterocycles. The van der Waals surface area contributed by atoms with E-state index in [2.05, 4.69) is 15.4 Å². The number of esters is 1. The minimum absolute atomic E-state index is 0.215. The lowest BCUT2D eigenvalue weighted by molar-refractivity contribution is -0.140. The van der Waals surface area contributed by atoms with Crippen LogP contribution in [0.3, 0.4) is 0 Å². The lowest BCUT2D eigenvalue weighted by Gasteiger charge is -2.08. The quantitative estimate of drug-likeness (QED) is 0.461. The average molecular weight is 332 g/mol. The van der Waals surface area contributed by atoms with Crippen LogP contribution in [0.15, 0.2) is 39.5 Å². The Balaban J connectivity index is 1.73. The molecular formula is C17H20N2O5. The first-order valence-electron chi connectivity index (χ1n) is 7.74. The van der Waals surface area contributed by atoms with E-state index in [4.69, 9.17) is 4.42 Å². The van der Waals surface area contributed by atoms with Gasteiger partial charge in [-0.25, -0.2) is 9.59 Å². The van der Waals surface area contributed by atoms with Crippen molar-refractivity contribution in [3.05, 3.63) is 40.8 Å². The zero-order valence-corrected chi connectivity index (χ0v) is 13.5. The number of unbranched alkanes of at least 4 members (excludes halogenated alkanes) is 2. The smallest absolute Gasteiger partial charge is 0.336 e. The molecule has 0 aliphatic rings. The van der Waals surface area contributed by atoms with Crippen LogP contribution in [-0.2, 0) is 9.53 Å². The normalized spacial score (nSPS) is 10.4. The van der Waals surface area contributed by atoms with Gasteiger partial charge < -0.3 is 19.8 Å². The van der Waals surface area contributed by atoms with Crippen LogP contribution < -0.4 is 16.3 Å². The summed E-state index contributed by atoms with van der Waals surface area (Å²) in [6.07, 6.45) is 2.76. The van der Waals surface area contributed by atoms with E-state index in [1.54, 1.807) is 24.3 Å². The largest absolute Gasteiger partial charge is 0.469 e. The van der Waals surface area contributed by atoms with E-state index in [1.165, 1.54) is 13.2 Å². The van der Waals surface area contributed by atoms with E-state index < -0.39 is 5.63 Å². The molecular weight excluding hydrogens is 312 g/mol. The summed E-state index contributed by atoms with van der Waals surface area (Å²) in [6, 6.07) is 7.71. The van der Waals surface area contributed by atoms with Crippen LogP contribution >= 0.6 is 0 Å². The van der Waals surface area contributed by atoms with E-state index >= 15 is 0 Å². The Labute approximate surface area is 139 Å². The predicted octanol–water partition coefficient (Wildman–Crippen LogP) is 2.65. The molecule has 0 unspecified atom stereocenters.